The van der Waals surface area contributed by atoms with Gasteiger partial charge in [-0.3, -0.25) is 9.59 Å². The van der Waals surface area contributed by atoms with Crippen LogP contribution in [0.4, 0.5) is 14.5 Å². The van der Waals surface area contributed by atoms with Crippen molar-refractivity contribution in [2.45, 2.75) is 24.8 Å². The molecule has 2 amide bonds. The summed E-state index contributed by atoms with van der Waals surface area (Å²) in [5.74, 6) is -1.59. The number of carbonyl (C=O) groups is 2. The lowest BCUT2D eigenvalue weighted by atomic mass is 10.1. The molecule has 0 spiro atoms. The Morgan fingerprint density at radius 2 is 1.80 bits per heavy atom. The van der Waals surface area contributed by atoms with Crippen LogP contribution in [0.25, 0.3) is 0 Å². The van der Waals surface area contributed by atoms with Crippen LogP contribution in [0.3, 0.4) is 0 Å². The Bertz CT molecular complexity index is 766. The molecule has 132 valence electrons. The van der Waals surface area contributed by atoms with Crippen LogP contribution >= 0.6 is 11.8 Å². The van der Waals surface area contributed by atoms with Crippen LogP contribution < -0.4 is 10.6 Å². The van der Waals surface area contributed by atoms with Crippen LogP contribution in [0, 0.1) is 11.6 Å². The largest absolute Gasteiger partial charge is 0.349 e. The monoisotopic (exact) mass is 364 g/mol. The number of benzene rings is 2. The standard InChI is InChI=1S/C18H18F2N2O2S/c1-11(16-8-3-13(19)9-17(16)20)21-18(24)10-25-15-6-4-14(5-7-15)22-12(2)23/h3-9,11H,10H2,1-2H3,(H,21,24)(H,22,23)/t11-/m1/s1. The minimum atomic E-state index is -0.686. The maximum atomic E-state index is 13.7. The van der Waals surface area contributed by atoms with Crippen molar-refractivity contribution in [2.24, 2.45) is 0 Å². The smallest absolute Gasteiger partial charge is 0.230 e. The van der Waals surface area contributed by atoms with Gasteiger partial charge in [0.15, 0.2) is 0 Å². The van der Waals surface area contributed by atoms with Crippen LogP contribution in [0.2, 0.25) is 0 Å². The van der Waals surface area contributed by atoms with E-state index in [9.17, 15) is 18.4 Å². The molecule has 0 bridgehead atoms. The molecule has 0 unspecified atom stereocenters. The van der Waals surface area contributed by atoms with Gasteiger partial charge in [-0.1, -0.05) is 6.07 Å². The van der Waals surface area contributed by atoms with Crippen molar-refractivity contribution >= 4 is 29.3 Å². The van der Waals surface area contributed by atoms with Gasteiger partial charge in [-0.25, -0.2) is 8.78 Å². The molecule has 2 aromatic carbocycles. The van der Waals surface area contributed by atoms with Crippen molar-refractivity contribution in [2.75, 3.05) is 11.1 Å². The molecule has 0 radical (unpaired) electrons. The van der Waals surface area contributed by atoms with Gasteiger partial charge >= 0.3 is 0 Å². The maximum absolute atomic E-state index is 13.7. The summed E-state index contributed by atoms with van der Waals surface area (Å²) in [5, 5.41) is 5.35. The molecular weight excluding hydrogens is 346 g/mol. The van der Waals surface area contributed by atoms with Crippen molar-refractivity contribution in [3.63, 3.8) is 0 Å². The van der Waals surface area contributed by atoms with Crippen LogP contribution in [0.1, 0.15) is 25.5 Å². The van der Waals surface area contributed by atoms with Crippen LogP contribution in [-0.4, -0.2) is 17.6 Å². The van der Waals surface area contributed by atoms with Gasteiger partial charge in [0.2, 0.25) is 11.8 Å². The topological polar surface area (TPSA) is 58.2 Å². The lowest BCUT2D eigenvalue weighted by Gasteiger charge is -2.15. The minimum Gasteiger partial charge on any atom is -0.349 e. The van der Waals surface area contributed by atoms with E-state index in [-0.39, 0.29) is 23.1 Å². The molecule has 0 aliphatic rings. The van der Waals surface area contributed by atoms with E-state index in [1.54, 1.807) is 31.2 Å². The predicted molar refractivity (Wildman–Crippen MR) is 94.4 cm³/mol. The molecule has 0 saturated heterocycles. The zero-order valence-electron chi connectivity index (χ0n) is 13.8. The molecule has 0 aliphatic heterocycles. The summed E-state index contributed by atoms with van der Waals surface area (Å²) in [7, 11) is 0. The average Bonchev–Trinajstić information content (AvgIpc) is 2.53. The third-order valence-electron chi connectivity index (χ3n) is 3.35. The number of hydrogen-bond donors (Lipinski definition) is 2. The van der Waals surface area contributed by atoms with E-state index in [2.05, 4.69) is 10.6 Å². The zero-order chi connectivity index (χ0) is 18.4. The van der Waals surface area contributed by atoms with Crippen molar-refractivity contribution in [3.8, 4) is 0 Å². The summed E-state index contributed by atoms with van der Waals surface area (Å²) in [6.07, 6.45) is 0. The van der Waals surface area contributed by atoms with Crippen molar-refractivity contribution in [1.29, 1.82) is 0 Å². The average molecular weight is 364 g/mol. The highest BCUT2D eigenvalue weighted by Gasteiger charge is 2.14. The Kier molecular flexibility index (Phi) is 6.52. The quantitative estimate of drug-likeness (QED) is 0.765. The van der Waals surface area contributed by atoms with Crippen molar-refractivity contribution in [3.05, 3.63) is 59.7 Å². The number of anilines is 1. The van der Waals surface area contributed by atoms with E-state index in [0.717, 1.165) is 17.0 Å². The highest BCUT2D eigenvalue weighted by atomic mass is 32.2. The Morgan fingerprint density at radius 3 is 2.40 bits per heavy atom. The van der Waals surface area contributed by atoms with E-state index in [1.165, 1.54) is 24.8 Å². The number of halogens is 2. The molecular formula is C18H18F2N2O2S. The lowest BCUT2D eigenvalue weighted by Crippen LogP contribution is -2.28. The summed E-state index contributed by atoms with van der Waals surface area (Å²) in [6, 6.07) is 9.81. The molecule has 2 N–H and O–H groups in total. The van der Waals surface area contributed by atoms with Crippen LogP contribution in [0.5, 0.6) is 0 Å². The fraction of sp³-hybridized carbons (Fsp3) is 0.222. The van der Waals surface area contributed by atoms with Crippen molar-refractivity contribution in [1.82, 2.24) is 5.32 Å². The minimum absolute atomic E-state index is 0.151. The lowest BCUT2D eigenvalue weighted by molar-refractivity contribution is -0.119. The fourth-order valence-corrected chi connectivity index (χ4v) is 2.91. The summed E-state index contributed by atoms with van der Waals surface area (Å²) in [6.45, 7) is 3.07. The highest BCUT2D eigenvalue weighted by molar-refractivity contribution is 8.00. The van der Waals surface area contributed by atoms with E-state index in [1.807, 2.05) is 0 Å². The van der Waals surface area contributed by atoms with Gasteiger partial charge in [0.05, 0.1) is 11.8 Å². The van der Waals surface area contributed by atoms with E-state index in [0.29, 0.717) is 5.69 Å². The first-order valence-electron chi connectivity index (χ1n) is 7.60. The Morgan fingerprint density at radius 1 is 1.12 bits per heavy atom. The van der Waals surface area contributed by atoms with Gasteiger partial charge in [-0.15, -0.1) is 11.8 Å². The Labute approximate surface area is 149 Å². The Balaban J connectivity index is 1.86. The first kappa shape index (κ1) is 18.9. The van der Waals surface area contributed by atoms with Gasteiger partial charge < -0.3 is 10.6 Å². The third kappa shape index (κ3) is 5.86. The number of hydrogen-bond acceptors (Lipinski definition) is 3. The Hall–Kier alpha value is -2.41. The van der Waals surface area contributed by atoms with Crippen LogP contribution in [-0.2, 0) is 9.59 Å². The van der Waals surface area contributed by atoms with Gasteiger partial charge in [-0.05, 0) is 37.3 Å². The molecule has 2 aromatic rings. The summed E-state index contributed by atoms with van der Waals surface area (Å²) < 4.78 is 26.6. The second-order valence-corrected chi connectivity index (χ2v) is 6.50. The molecule has 0 aromatic heterocycles. The third-order valence-corrected chi connectivity index (χ3v) is 4.36. The zero-order valence-corrected chi connectivity index (χ0v) is 14.6. The molecule has 1 atom stereocenters. The number of rotatable bonds is 6. The van der Waals surface area contributed by atoms with E-state index < -0.39 is 17.7 Å². The highest BCUT2D eigenvalue weighted by Crippen LogP contribution is 2.21. The van der Waals surface area contributed by atoms with Crippen LogP contribution in [0.15, 0.2) is 47.4 Å². The second kappa shape index (κ2) is 8.62. The number of nitrogens with one attached hydrogen (secondary N) is 2. The summed E-state index contributed by atoms with van der Waals surface area (Å²) in [4.78, 5) is 23.8. The van der Waals surface area contributed by atoms with Gasteiger partial charge in [0.1, 0.15) is 11.6 Å². The van der Waals surface area contributed by atoms with Gasteiger partial charge in [0.25, 0.3) is 0 Å². The maximum Gasteiger partial charge on any atom is 0.230 e. The molecule has 0 fully saturated rings. The second-order valence-electron chi connectivity index (χ2n) is 5.45. The SMILES string of the molecule is CC(=O)Nc1ccc(SCC(=O)N[C@H](C)c2ccc(F)cc2F)cc1. The number of amides is 2. The summed E-state index contributed by atoms with van der Waals surface area (Å²) in [5.41, 5.74) is 0.918. The van der Waals surface area contributed by atoms with E-state index in [4.69, 9.17) is 0 Å². The van der Waals surface area contributed by atoms with Gasteiger partial charge in [0, 0.05) is 29.1 Å². The molecule has 4 nitrogen and oxygen atoms in total. The first-order valence-corrected chi connectivity index (χ1v) is 8.58. The molecule has 0 saturated carbocycles. The predicted octanol–water partition coefficient (Wildman–Crippen LogP) is 3.89. The fourth-order valence-electron chi connectivity index (χ4n) is 2.20. The first-order chi connectivity index (χ1) is 11.8. The van der Waals surface area contributed by atoms with Crippen molar-refractivity contribution < 1.29 is 18.4 Å². The normalized spacial score (nSPS) is 11.7. The molecule has 25 heavy (non-hydrogen) atoms. The number of carbonyl (C=O) groups excluding carboxylic acids is 2. The number of thioether (sulfide) groups is 1. The molecule has 0 heterocycles. The van der Waals surface area contributed by atoms with E-state index >= 15 is 0 Å². The molecule has 0 aliphatic carbocycles. The molecule has 7 heteroatoms. The molecule has 2 rings (SSSR count). The van der Waals surface area contributed by atoms with Gasteiger partial charge in [-0.2, -0.15) is 0 Å². The summed E-state index contributed by atoms with van der Waals surface area (Å²) >= 11 is 1.32.